The molecule has 0 saturated carbocycles. The van der Waals surface area contributed by atoms with Gasteiger partial charge in [0.15, 0.2) is 0 Å². The lowest BCUT2D eigenvalue weighted by Gasteiger charge is -2.23. The number of nitrogens with zero attached hydrogens (tertiary/aromatic N) is 1. The molecule has 1 amide bonds. The molecular formula is C14H22N2O3. The summed E-state index contributed by atoms with van der Waals surface area (Å²) < 4.78 is 0. The Morgan fingerprint density at radius 2 is 2.00 bits per heavy atom. The molecular weight excluding hydrogens is 244 g/mol. The van der Waals surface area contributed by atoms with Crippen molar-refractivity contribution in [2.75, 3.05) is 13.7 Å². The second-order valence-electron chi connectivity index (χ2n) is 5.30. The van der Waals surface area contributed by atoms with Gasteiger partial charge in [-0.25, -0.2) is 0 Å². The number of hydrogen-bond donors (Lipinski definition) is 2. The number of aliphatic hydroxyl groups excluding tert-OH is 1. The quantitative estimate of drug-likeness (QED) is 0.836. The van der Waals surface area contributed by atoms with Crippen LogP contribution in [0, 0.1) is 5.92 Å². The van der Waals surface area contributed by atoms with Crippen LogP contribution in [0.5, 0.6) is 0 Å². The minimum absolute atomic E-state index is 0.107. The Labute approximate surface area is 113 Å². The lowest BCUT2D eigenvalue weighted by molar-refractivity contribution is 0.0682. The van der Waals surface area contributed by atoms with E-state index in [4.69, 9.17) is 5.11 Å². The molecule has 0 fully saturated rings. The molecule has 1 unspecified atom stereocenters. The van der Waals surface area contributed by atoms with E-state index in [2.05, 4.69) is 4.98 Å². The second-order valence-corrected chi connectivity index (χ2v) is 5.30. The Balaban J connectivity index is 3.03. The summed E-state index contributed by atoms with van der Waals surface area (Å²) in [4.78, 5) is 28.0. The summed E-state index contributed by atoms with van der Waals surface area (Å²) in [6.07, 6.45) is 0.718. The summed E-state index contributed by atoms with van der Waals surface area (Å²) >= 11 is 0. The molecule has 0 aliphatic carbocycles. The van der Waals surface area contributed by atoms with Gasteiger partial charge in [-0.2, -0.15) is 0 Å². The first-order chi connectivity index (χ1) is 8.85. The van der Waals surface area contributed by atoms with Crippen molar-refractivity contribution in [2.45, 2.75) is 33.2 Å². The second kappa shape index (κ2) is 6.52. The van der Waals surface area contributed by atoms with Crippen molar-refractivity contribution in [3.05, 3.63) is 33.7 Å². The number of nitrogens with one attached hydrogen (secondary N) is 1. The molecule has 0 aliphatic rings. The van der Waals surface area contributed by atoms with Crippen molar-refractivity contribution in [1.82, 2.24) is 9.88 Å². The van der Waals surface area contributed by atoms with Gasteiger partial charge in [-0.3, -0.25) is 9.59 Å². The van der Waals surface area contributed by atoms with E-state index < -0.39 is 0 Å². The molecule has 0 aliphatic heterocycles. The van der Waals surface area contributed by atoms with E-state index in [9.17, 15) is 9.59 Å². The minimum atomic E-state index is -0.277. The summed E-state index contributed by atoms with van der Waals surface area (Å²) in [5.74, 6) is 0.146. The highest BCUT2D eigenvalue weighted by molar-refractivity contribution is 5.94. The van der Waals surface area contributed by atoms with Crippen LogP contribution in [0.2, 0.25) is 0 Å². The van der Waals surface area contributed by atoms with Crippen LogP contribution in [0.3, 0.4) is 0 Å². The monoisotopic (exact) mass is 266 g/mol. The van der Waals surface area contributed by atoms with E-state index in [-0.39, 0.29) is 24.1 Å². The molecule has 1 heterocycles. The largest absolute Gasteiger partial charge is 0.394 e. The van der Waals surface area contributed by atoms with Gasteiger partial charge >= 0.3 is 0 Å². The Morgan fingerprint density at radius 3 is 2.53 bits per heavy atom. The van der Waals surface area contributed by atoms with Gasteiger partial charge in [0, 0.05) is 24.4 Å². The van der Waals surface area contributed by atoms with E-state index in [1.807, 2.05) is 13.8 Å². The smallest absolute Gasteiger partial charge is 0.254 e. The zero-order valence-corrected chi connectivity index (χ0v) is 11.9. The molecule has 5 heteroatoms. The number of aromatic nitrogens is 1. The lowest BCUT2D eigenvalue weighted by Crippen LogP contribution is -2.37. The molecule has 0 spiro atoms. The van der Waals surface area contributed by atoms with Crippen LogP contribution in [0.15, 0.2) is 16.9 Å². The maximum Gasteiger partial charge on any atom is 0.254 e. The molecule has 1 aromatic heterocycles. The first kappa shape index (κ1) is 15.4. The van der Waals surface area contributed by atoms with Gasteiger partial charge in [0.2, 0.25) is 5.56 Å². The molecule has 0 saturated heterocycles. The number of pyridine rings is 1. The molecule has 2 N–H and O–H groups in total. The third-order valence-electron chi connectivity index (χ3n) is 3.02. The van der Waals surface area contributed by atoms with Crippen LogP contribution < -0.4 is 5.56 Å². The fourth-order valence-electron chi connectivity index (χ4n) is 1.80. The van der Waals surface area contributed by atoms with Crippen molar-refractivity contribution in [3.8, 4) is 0 Å². The standard InChI is InChI=1S/C14H22N2O3/c1-9(2)5-12-6-11(7-13(18)15-12)14(19)16(4)10(3)8-17/h6-7,9-10,17H,5,8H2,1-4H3,(H,15,18). The average molecular weight is 266 g/mol. The summed E-state index contributed by atoms with van der Waals surface area (Å²) in [7, 11) is 1.62. The molecule has 0 aromatic carbocycles. The lowest BCUT2D eigenvalue weighted by atomic mass is 10.1. The van der Waals surface area contributed by atoms with E-state index in [1.54, 1.807) is 20.0 Å². The highest BCUT2D eigenvalue weighted by Gasteiger charge is 2.18. The highest BCUT2D eigenvalue weighted by Crippen LogP contribution is 2.09. The fraction of sp³-hybridized carbons (Fsp3) is 0.571. The molecule has 1 atom stereocenters. The van der Waals surface area contributed by atoms with Crippen LogP contribution in [-0.4, -0.2) is 40.6 Å². The topological polar surface area (TPSA) is 73.4 Å². The Hall–Kier alpha value is -1.62. The van der Waals surface area contributed by atoms with Gasteiger partial charge < -0.3 is 15.0 Å². The summed E-state index contributed by atoms with van der Waals surface area (Å²) in [6.45, 7) is 5.74. The molecule has 0 radical (unpaired) electrons. The van der Waals surface area contributed by atoms with Crippen molar-refractivity contribution >= 4 is 5.91 Å². The van der Waals surface area contributed by atoms with Gasteiger partial charge in [0.05, 0.1) is 12.6 Å². The zero-order valence-electron chi connectivity index (χ0n) is 11.9. The zero-order chi connectivity index (χ0) is 14.6. The van der Waals surface area contributed by atoms with E-state index in [0.717, 1.165) is 12.1 Å². The number of H-pyrrole nitrogens is 1. The predicted molar refractivity (Wildman–Crippen MR) is 74.2 cm³/mol. The third-order valence-corrected chi connectivity index (χ3v) is 3.02. The first-order valence-electron chi connectivity index (χ1n) is 6.46. The van der Waals surface area contributed by atoms with Gasteiger partial charge in [-0.05, 0) is 25.3 Å². The summed E-state index contributed by atoms with van der Waals surface area (Å²) in [5.41, 5.74) is 0.852. The first-order valence-corrected chi connectivity index (χ1v) is 6.46. The van der Waals surface area contributed by atoms with E-state index in [0.29, 0.717) is 11.5 Å². The molecule has 19 heavy (non-hydrogen) atoms. The van der Waals surface area contributed by atoms with Crippen molar-refractivity contribution in [2.24, 2.45) is 5.92 Å². The maximum atomic E-state index is 12.2. The van der Waals surface area contributed by atoms with Crippen LogP contribution in [0.25, 0.3) is 0 Å². The number of carbonyl (C=O) groups excluding carboxylic acids is 1. The normalized spacial score (nSPS) is 12.5. The average Bonchev–Trinajstić information content (AvgIpc) is 2.34. The van der Waals surface area contributed by atoms with Crippen LogP contribution in [0.1, 0.15) is 36.8 Å². The van der Waals surface area contributed by atoms with Crippen molar-refractivity contribution in [1.29, 1.82) is 0 Å². The molecule has 106 valence electrons. The number of carbonyl (C=O) groups is 1. The number of aromatic amines is 1. The summed E-state index contributed by atoms with van der Waals surface area (Å²) in [5, 5.41) is 9.07. The van der Waals surface area contributed by atoms with Gasteiger partial charge in [-0.15, -0.1) is 0 Å². The number of amides is 1. The highest BCUT2D eigenvalue weighted by atomic mass is 16.3. The third kappa shape index (κ3) is 4.21. The molecule has 1 aromatic rings. The van der Waals surface area contributed by atoms with Gasteiger partial charge in [0.1, 0.15) is 0 Å². The Morgan fingerprint density at radius 1 is 1.37 bits per heavy atom. The summed E-state index contributed by atoms with van der Waals surface area (Å²) in [6, 6.07) is 2.73. The van der Waals surface area contributed by atoms with Crippen molar-refractivity contribution < 1.29 is 9.90 Å². The number of likely N-dealkylation sites (N-methyl/N-ethyl adjacent to an activating group) is 1. The molecule has 0 bridgehead atoms. The van der Waals surface area contributed by atoms with Crippen LogP contribution >= 0.6 is 0 Å². The van der Waals surface area contributed by atoms with Crippen LogP contribution in [0.4, 0.5) is 0 Å². The van der Waals surface area contributed by atoms with Gasteiger partial charge in [0.25, 0.3) is 5.91 Å². The van der Waals surface area contributed by atoms with E-state index in [1.165, 1.54) is 11.0 Å². The number of hydrogen-bond acceptors (Lipinski definition) is 3. The van der Waals surface area contributed by atoms with Crippen LogP contribution in [-0.2, 0) is 6.42 Å². The van der Waals surface area contributed by atoms with Crippen molar-refractivity contribution in [3.63, 3.8) is 0 Å². The fourth-order valence-corrected chi connectivity index (χ4v) is 1.80. The van der Waals surface area contributed by atoms with E-state index >= 15 is 0 Å². The number of aliphatic hydroxyl groups is 1. The number of rotatable bonds is 5. The molecule has 1 rings (SSSR count). The SMILES string of the molecule is CC(C)Cc1cc(C(=O)N(C)C(C)CO)cc(=O)[nH]1. The minimum Gasteiger partial charge on any atom is -0.394 e. The Kier molecular flexibility index (Phi) is 5.30. The maximum absolute atomic E-state index is 12.2. The Bertz CT molecular complexity index is 494. The molecule has 5 nitrogen and oxygen atoms in total. The predicted octanol–water partition coefficient (Wildman–Crippen LogP) is 1.03. The van der Waals surface area contributed by atoms with Gasteiger partial charge in [-0.1, -0.05) is 13.8 Å².